The highest BCUT2D eigenvalue weighted by Crippen LogP contribution is 2.27. The minimum atomic E-state index is -0.508. The Morgan fingerprint density at radius 1 is 1.00 bits per heavy atom. The molecule has 4 rings (SSSR count). The number of carbonyl (C=O) groups is 1. The highest BCUT2D eigenvalue weighted by Gasteiger charge is 2.20. The summed E-state index contributed by atoms with van der Waals surface area (Å²) in [5, 5.41) is 11.0. The number of thioether (sulfide) groups is 1. The topological polar surface area (TPSA) is 99.8 Å². The maximum Gasteiger partial charge on any atom is 0.300 e. The maximum atomic E-state index is 13.0. The second-order valence-corrected chi connectivity index (χ2v) is 9.08. The lowest BCUT2D eigenvalue weighted by molar-refractivity contribution is -0.115. The minimum absolute atomic E-state index is 0.188. The number of nitrogens with one attached hydrogen (secondary N) is 1. The van der Waals surface area contributed by atoms with E-state index in [9.17, 15) is 9.59 Å². The third-order valence-corrected chi connectivity index (χ3v) is 6.54. The van der Waals surface area contributed by atoms with Crippen LogP contribution in [0.2, 0.25) is 0 Å². The van der Waals surface area contributed by atoms with Gasteiger partial charge in [-0.2, -0.15) is 0 Å². The Kier molecular flexibility index (Phi) is 6.60. The smallest absolute Gasteiger partial charge is 0.300 e. The fourth-order valence-corrected chi connectivity index (χ4v) is 4.19. The molecule has 2 aromatic heterocycles. The molecule has 0 fully saturated rings. The van der Waals surface area contributed by atoms with Crippen LogP contribution in [-0.4, -0.2) is 44.5 Å². The lowest BCUT2D eigenvalue weighted by Gasteiger charge is -2.13. The van der Waals surface area contributed by atoms with Crippen LogP contribution in [0.1, 0.15) is 18.1 Å². The number of hydrogen-bond donors (Lipinski definition) is 1. The molecule has 2 heterocycles. The molecule has 10 heteroatoms. The predicted molar refractivity (Wildman–Crippen MR) is 132 cm³/mol. The van der Waals surface area contributed by atoms with Gasteiger partial charge in [0.1, 0.15) is 11.5 Å². The van der Waals surface area contributed by atoms with Crippen LogP contribution in [0.5, 0.6) is 11.5 Å². The lowest BCUT2D eigenvalue weighted by Crippen LogP contribution is -2.23. The van der Waals surface area contributed by atoms with Gasteiger partial charge in [0.05, 0.1) is 19.5 Å². The van der Waals surface area contributed by atoms with Crippen molar-refractivity contribution in [3.63, 3.8) is 0 Å². The normalized spacial score (nSPS) is 11.9. The van der Waals surface area contributed by atoms with Gasteiger partial charge in [0.25, 0.3) is 0 Å². The molecule has 0 saturated heterocycles. The van der Waals surface area contributed by atoms with E-state index in [0.717, 1.165) is 16.8 Å². The summed E-state index contributed by atoms with van der Waals surface area (Å²) in [4.78, 5) is 25.9. The van der Waals surface area contributed by atoms with E-state index in [1.165, 1.54) is 16.3 Å². The van der Waals surface area contributed by atoms with Gasteiger partial charge in [0, 0.05) is 42.0 Å². The number of methoxy groups -OCH3 is 2. The van der Waals surface area contributed by atoms with Gasteiger partial charge in [-0.25, -0.2) is 0 Å². The molecule has 0 unspecified atom stereocenters. The average Bonchev–Trinajstić information content (AvgIpc) is 3.24. The molecular formula is C24H25N5O4S. The van der Waals surface area contributed by atoms with Crippen molar-refractivity contribution in [1.82, 2.24) is 19.2 Å². The molecule has 0 bridgehead atoms. The lowest BCUT2D eigenvalue weighted by atomic mass is 10.1. The standard InChI is InChI=1S/C24H25N5O4S/c1-14-6-7-18(10-15(14)2)28-8-9-29-21(23(28)31)26-27-24(29)34-16(3)22(30)25-17-11-19(32-4)13-20(12-17)33-5/h6-13,16H,1-5H3,(H,25,30)/t16-/m0/s1. The van der Waals surface area contributed by atoms with E-state index in [1.807, 2.05) is 32.0 Å². The maximum absolute atomic E-state index is 13.0. The fraction of sp³-hybridized carbons (Fsp3) is 0.250. The number of nitrogens with zero attached hydrogens (tertiary/aromatic N) is 4. The number of hydrogen-bond acceptors (Lipinski definition) is 7. The first-order valence-electron chi connectivity index (χ1n) is 10.6. The molecule has 1 atom stereocenters. The summed E-state index contributed by atoms with van der Waals surface area (Å²) in [5.74, 6) is 0.900. The van der Waals surface area contributed by atoms with E-state index >= 15 is 0 Å². The molecule has 0 radical (unpaired) electrons. The highest BCUT2D eigenvalue weighted by molar-refractivity contribution is 8.00. The SMILES string of the molecule is COc1cc(NC(=O)[C@H](C)Sc2nnc3c(=O)n(-c4ccc(C)c(C)c4)ccn23)cc(OC)c1. The number of fused-ring (bicyclic) bond motifs is 1. The van der Waals surface area contributed by atoms with Crippen LogP contribution in [0.4, 0.5) is 5.69 Å². The molecule has 2 aromatic carbocycles. The van der Waals surface area contributed by atoms with Gasteiger partial charge in [-0.3, -0.25) is 18.6 Å². The summed E-state index contributed by atoms with van der Waals surface area (Å²) in [7, 11) is 3.09. The van der Waals surface area contributed by atoms with Crippen molar-refractivity contribution in [2.45, 2.75) is 31.2 Å². The van der Waals surface area contributed by atoms with Crippen LogP contribution in [0.15, 0.2) is 58.7 Å². The average molecular weight is 480 g/mol. The Morgan fingerprint density at radius 2 is 1.71 bits per heavy atom. The van der Waals surface area contributed by atoms with Gasteiger partial charge >= 0.3 is 5.56 Å². The van der Waals surface area contributed by atoms with Crippen LogP contribution in [0, 0.1) is 13.8 Å². The van der Waals surface area contributed by atoms with E-state index in [2.05, 4.69) is 15.5 Å². The number of benzene rings is 2. The molecule has 176 valence electrons. The van der Waals surface area contributed by atoms with E-state index in [0.29, 0.717) is 22.3 Å². The van der Waals surface area contributed by atoms with E-state index in [4.69, 9.17) is 9.47 Å². The summed E-state index contributed by atoms with van der Waals surface area (Å²) in [6.45, 7) is 5.78. The number of amides is 1. The van der Waals surface area contributed by atoms with Crippen molar-refractivity contribution in [2.24, 2.45) is 0 Å². The van der Waals surface area contributed by atoms with Crippen LogP contribution in [-0.2, 0) is 4.79 Å². The Hall–Kier alpha value is -3.79. The number of aryl methyl sites for hydroxylation is 2. The quantitative estimate of drug-likeness (QED) is 0.404. The van der Waals surface area contributed by atoms with Crippen LogP contribution in [0.25, 0.3) is 11.3 Å². The Bertz CT molecular complexity index is 1410. The molecule has 1 amide bonds. The Morgan fingerprint density at radius 3 is 2.35 bits per heavy atom. The zero-order chi connectivity index (χ0) is 24.4. The van der Waals surface area contributed by atoms with Crippen LogP contribution < -0.4 is 20.3 Å². The summed E-state index contributed by atoms with van der Waals surface area (Å²) >= 11 is 1.21. The van der Waals surface area contributed by atoms with E-state index in [1.54, 1.807) is 56.1 Å². The second kappa shape index (κ2) is 9.60. The van der Waals surface area contributed by atoms with Gasteiger partial charge in [-0.1, -0.05) is 17.8 Å². The Balaban J connectivity index is 1.55. The first-order chi connectivity index (χ1) is 16.3. The molecule has 0 spiro atoms. The largest absolute Gasteiger partial charge is 0.497 e. The minimum Gasteiger partial charge on any atom is -0.497 e. The van der Waals surface area contributed by atoms with Crippen molar-refractivity contribution < 1.29 is 14.3 Å². The molecule has 1 N–H and O–H groups in total. The molecule has 34 heavy (non-hydrogen) atoms. The van der Waals surface area contributed by atoms with E-state index in [-0.39, 0.29) is 17.1 Å². The molecule has 0 aliphatic heterocycles. The zero-order valence-corrected chi connectivity index (χ0v) is 20.3. The Labute approximate surface area is 200 Å². The van der Waals surface area contributed by atoms with Gasteiger partial charge in [0.2, 0.25) is 11.6 Å². The number of aromatic nitrogens is 4. The van der Waals surface area contributed by atoms with Crippen molar-refractivity contribution in [3.05, 3.63) is 70.3 Å². The molecule has 0 aliphatic carbocycles. The van der Waals surface area contributed by atoms with Crippen LogP contribution in [0.3, 0.4) is 0 Å². The number of ether oxygens (including phenoxy) is 2. The number of anilines is 1. The molecular weight excluding hydrogens is 454 g/mol. The predicted octanol–water partition coefficient (Wildman–Crippen LogP) is 3.63. The zero-order valence-electron chi connectivity index (χ0n) is 19.5. The van der Waals surface area contributed by atoms with Gasteiger partial charge < -0.3 is 14.8 Å². The highest BCUT2D eigenvalue weighted by atomic mass is 32.2. The summed E-state index contributed by atoms with van der Waals surface area (Å²) in [6, 6.07) is 11.0. The summed E-state index contributed by atoms with van der Waals surface area (Å²) in [6.07, 6.45) is 3.41. The second-order valence-electron chi connectivity index (χ2n) is 7.77. The fourth-order valence-electron chi connectivity index (χ4n) is 3.36. The summed E-state index contributed by atoms with van der Waals surface area (Å²) < 4.78 is 13.6. The van der Waals surface area contributed by atoms with Crippen molar-refractivity contribution in [2.75, 3.05) is 19.5 Å². The third kappa shape index (κ3) is 4.62. The third-order valence-electron chi connectivity index (χ3n) is 5.48. The molecule has 0 aliphatic rings. The van der Waals surface area contributed by atoms with Crippen LogP contribution >= 0.6 is 11.8 Å². The van der Waals surface area contributed by atoms with Gasteiger partial charge in [-0.05, 0) is 44.0 Å². The van der Waals surface area contributed by atoms with Crippen molar-refractivity contribution >= 4 is 29.0 Å². The first kappa shape index (κ1) is 23.4. The first-order valence-corrected chi connectivity index (χ1v) is 11.4. The molecule has 0 saturated carbocycles. The van der Waals surface area contributed by atoms with Crippen molar-refractivity contribution in [1.29, 1.82) is 0 Å². The monoisotopic (exact) mass is 479 g/mol. The molecule has 9 nitrogen and oxygen atoms in total. The summed E-state index contributed by atoms with van der Waals surface area (Å²) in [5.41, 5.74) is 3.46. The van der Waals surface area contributed by atoms with E-state index < -0.39 is 5.25 Å². The number of carbonyl (C=O) groups excluding carboxylic acids is 1. The number of rotatable bonds is 7. The van der Waals surface area contributed by atoms with Gasteiger partial charge in [-0.15, -0.1) is 10.2 Å². The van der Waals surface area contributed by atoms with Crippen molar-refractivity contribution in [3.8, 4) is 17.2 Å². The van der Waals surface area contributed by atoms with Gasteiger partial charge in [0.15, 0.2) is 5.16 Å². The molecule has 4 aromatic rings.